The third-order valence-electron chi connectivity index (χ3n) is 3.51. The average molecular weight is 292 g/mol. The molecule has 1 saturated heterocycles. The van der Waals surface area contributed by atoms with Gasteiger partial charge in [-0.05, 0) is 51.0 Å². The summed E-state index contributed by atoms with van der Waals surface area (Å²) in [6.07, 6.45) is 2.60. The Morgan fingerprint density at radius 3 is 2.33 bits per heavy atom. The predicted molar refractivity (Wildman–Crippen MR) is 83.6 cm³/mol. The SMILES string of the molecule is COCC(=O)Nc1ccc(NC2CC(C)OC(C)C2)cc1. The molecule has 1 heterocycles. The Morgan fingerprint density at radius 1 is 1.19 bits per heavy atom. The van der Waals surface area contributed by atoms with Crippen LogP contribution in [0.2, 0.25) is 0 Å². The quantitative estimate of drug-likeness (QED) is 0.876. The molecule has 2 unspecified atom stereocenters. The number of anilines is 2. The Morgan fingerprint density at radius 2 is 1.76 bits per heavy atom. The first-order chi connectivity index (χ1) is 10.1. The summed E-state index contributed by atoms with van der Waals surface area (Å²) in [7, 11) is 1.50. The molecule has 2 N–H and O–H groups in total. The van der Waals surface area contributed by atoms with Gasteiger partial charge in [0.15, 0.2) is 0 Å². The second-order valence-corrected chi connectivity index (χ2v) is 5.63. The summed E-state index contributed by atoms with van der Waals surface area (Å²) in [5, 5.41) is 6.31. The van der Waals surface area contributed by atoms with Gasteiger partial charge in [0, 0.05) is 24.5 Å². The largest absolute Gasteiger partial charge is 0.382 e. The zero-order valence-electron chi connectivity index (χ0n) is 12.9. The van der Waals surface area contributed by atoms with Crippen molar-refractivity contribution in [2.24, 2.45) is 0 Å². The summed E-state index contributed by atoms with van der Waals surface area (Å²) in [6, 6.07) is 8.17. The number of carbonyl (C=O) groups excluding carboxylic acids is 1. The number of amides is 1. The van der Waals surface area contributed by atoms with E-state index in [-0.39, 0.29) is 12.5 Å². The van der Waals surface area contributed by atoms with Gasteiger partial charge >= 0.3 is 0 Å². The number of nitrogens with one attached hydrogen (secondary N) is 2. The van der Waals surface area contributed by atoms with Crippen LogP contribution in [0.25, 0.3) is 0 Å². The van der Waals surface area contributed by atoms with Gasteiger partial charge < -0.3 is 20.1 Å². The molecule has 1 aliphatic rings. The van der Waals surface area contributed by atoms with Crippen molar-refractivity contribution in [2.75, 3.05) is 24.4 Å². The molecule has 5 nitrogen and oxygen atoms in total. The Balaban J connectivity index is 1.88. The number of rotatable bonds is 5. The van der Waals surface area contributed by atoms with Crippen LogP contribution in [-0.4, -0.2) is 37.9 Å². The number of ether oxygens (including phenoxy) is 2. The van der Waals surface area contributed by atoms with Gasteiger partial charge in [-0.3, -0.25) is 4.79 Å². The van der Waals surface area contributed by atoms with Crippen molar-refractivity contribution in [3.63, 3.8) is 0 Å². The van der Waals surface area contributed by atoms with Crippen molar-refractivity contribution in [1.82, 2.24) is 0 Å². The summed E-state index contributed by atoms with van der Waals surface area (Å²) in [5.41, 5.74) is 1.84. The van der Waals surface area contributed by atoms with Crippen LogP contribution in [0.4, 0.5) is 11.4 Å². The minimum absolute atomic E-state index is 0.0673. The summed E-state index contributed by atoms with van der Waals surface area (Å²) in [4.78, 5) is 11.4. The minimum Gasteiger partial charge on any atom is -0.382 e. The minimum atomic E-state index is -0.148. The predicted octanol–water partition coefficient (Wildman–Crippen LogP) is 2.64. The van der Waals surface area contributed by atoms with Crippen LogP contribution in [0.3, 0.4) is 0 Å². The Labute approximate surface area is 126 Å². The smallest absolute Gasteiger partial charge is 0.250 e. The molecule has 116 valence electrons. The molecule has 1 aromatic carbocycles. The third-order valence-corrected chi connectivity index (χ3v) is 3.51. The van der Waals surface area contributed by atoms with E-state index >= 15 is 0 Å². The van der Waals surface area contributed by atoms with E-state index in [9.17, 15) is 4.79 Å². The molecule has 1 aliphatic heterocycles. The molecule has 21 heavy (non-hydrogen) atoms. The fourth-order valence-electron chi connectivity index (χ4n) is 2.74. The van der Waals surface area contributed by atoms with Crippen molar-refractivity contribution in [3.8, 4) is 0 Å². The first-order valence-corrected chi connectivity index (χ1v) is 7.37. The van der Waals surface area contributed by atoms with Gasteiger partial charge in [-0.25, -0.2) is 0 Å². The second kappa shape index (κ2) is 7.43. The zero-order valence-corrected chi connectivity index (χ0v) is 12.9. The summed E-state index contributed by atoms with van der Waals surface area (Å²) in [5.74, 6) is -0.148. The first-order valence-electron chi connectivity index (χ1n) is 7.37. The number of methoxy groups -OCH3 is 1. The molecule has 0 radical (unpaired) electrons. The van der Waals surface area contributed by atoms with Crippen molar-refractivity contribution in [1.29, 1.82) is 0 Å². The van der Waals surface area contributed by atoms with E-state index in [2.05, 4.69) is 24.5 Å². The molecule has 1 aromatic rings. The molecule has 0 aliphatic carbocycles. The molecule has 2 atom stereocenters. The molecule has 1 fully saturated rings. The Hall–Kier alpha value is -1.59. The first kappa shape index (κ1) is 15.8. The van der Waals surface area contributed by atoms with Gasteiger partial charge in [0.05, 0.1) is 12.2 Å². The maximum absolute atomic E-state index is 11.4. The molecular weight excluding hydrogens is 268 g/mol. The molecule has 0 spiro atoms. The maximum atomic E-state index is 11.4. The van der Waals surface area contributed by atoms with Gasteiger partial charge in [0.25, 0.3) is 0 Å². The molecule has 5 heteroatoms. The van der Waals surface area contributed by atoms with E-state index in [0.717, 1.165) is 24.2 Å². The molecule has 0 aromatic heterocycles. The van der Waals surface area contributed by atoms with Gasteiger partial charge in [-0.15, -0.1) is 0 Å². The highest BCUT2D eigenvalue weighted by Gasteiger charge is 2.24. The monoisotopic (exact) mass is 292 g/mol. The fraction of sp³-hybridized carbons (Fsp3) is 0.562. The molecular formula is C16H24N2O3. The van der Waals surface area contributed by atoms with E-state index in [1.54, 1.807) is 0 Å². The molecule has 0 bridgehead atoms. The van der Waals surface area contributed by atoms with Crippen LogP contribution in [0.15, 0.2) is 24.3 Å². The number of carbonyl (C=O) groups is 1. The molecule has 1 amide bonds. The number of benzene rings is 1. The normalized spacial score (nSPS) is 25.4. The van der Waals surface area contributed by atoms with Gasteiger partial charge in [0.1, 0.15) is 6.61 Å². The lowest BCUT2D eigenvalue weighted by Gasteiger charge is -2.33. The van der Waals surface area contributed by atoms with E-state index < -0.39 is 0 Å². The molecule has 0 saturated carbocycles. The highest BCUT2D eigenvalue weighted by molar-refractivity contribution is 5.91. The Kier molecular flexibility index (Phi) is 5.59. The number of hydrogen-bond donors (Lipinski definition) is 2. The lowest BCUT2D eigenvalue weighted by molar-refractivity contribution is -0.119. The van der Waals surface area contributed by atoms with E-state index in [0.29, 0.717) is 18.2 Å². The van der Waals surface area contributed by atoms with Crippen LogP contribution in [-0.2, 0) is 14.3 Å². The van der Waals surface area contributed by atoms with Crippen LogP contribution in [0.1, 0.15) is 26.7 Å². The average Bonchev–Trinajstić information content (AvgIpc) is 2.40. The van der Waals surface area contributed by atoms with Crippen LogP contribution in [0, 0.1) is 0 Å². The maximum Gasteiger partial charge on any atom is 0.250 e. The van der Waals surface area contributed by atoms with E-state index in [1.165, 1.54) is 7.11 Å². The second-order valence-electron chi connectivity index (χ2n) is 5.63. The van der Waals surface area contributed by atoms with Crippen molar-refractivity contribution in [2.45, 2.75) is 44.9 Å². The van der Waals surface area contributed by atoms with Gasteiger partial charge in [-0.2, -0.15) is 0 Å². The van der Waals surface area contributed by atoms with Crippen molar-refractivity contribution >= 4 is 17.3 Å². The number of hydrogen-bond acceptors (Lipinski definition) is 4. The standard InChI is InChI=1S/C16H24N2O3/c1-11-8-15(9-12(2)21-11)17-13-4-6-14(7-5-13)18-16(19)10-20-3/h4-7,11-12,15,17H,8-10H2,1-3H3,(H,18,19). The van der Waals surface area contributed by atoms with Gasteiger partial charge in [-0.1, -0.05) is 0 Å². The Bertz CT molecular complexity index is 451. The highest BCUT2D eigenvalue weighted by Crippen LogP contribution is 2.23. The summed E-state index contributed by atoms with van der Waals surface area (Å²) < 4.78 is 10.5. The van der Waals surface area contributed by atoms with Crippen LogP contribution >= 0.6 is 0 Å². The highest BCUT2D eigenvalue weighted by atomic mass is 16.5. The van der Waals surface area contributed by atoms with Crippen LogP contribution in [0.5, 0.6) is 0 Å². The third kappa shape index (κ3) is 5.02. The lowest BCUT2D eigenvalue weighted by Crippen LogP contribution is -2.36. The van der Waals surface area contributed by atoms with Gasteiger partial charge in [0.2, 0.25) is 5.91 Å². The topological polar surface area (TPSA) is 59.6 Å². The zero-order chi connectivity index (χ0) is 15.2. The fourth-order valence-corrected chi connectivity index (χ4v) is 2.74. The van der Waals surface area contributed by atoms with E-state index in [1.807, 2.05) is 24.3 Å². The summed E-state index contributed by atoms with van der Waals surface area (Å²) in [6.45, 7) is 4.29. The van der Waals surface area contributed by atoms with Crippen LogP contribution < -0.4 is 10.6 Å². The summed E-state index contributed by atoms with van der Waals surface area (Å²) >= 11 is 0. The molecule has 2 rings (SSSR count). The van der Waals surface area contributed by atoms with E-state index in [4.69, 9.17) is 9.47 Å². The van der Waals surface area contributed by atoms with Crippen molar-refractivity contribution in [3.05, 3.63) is 24.3 Å². The lowest BCUT2D eigenvalue weighted by atomic mass is 9.99. The van der Waals surface area contributed by atoms with Crippen molar-refractivity contribution < 1.29 is 14.3 Å².